The van der Waals surface area contributed by atoms with Crippen molar-refractivity contribution in [2.75, 3.05) is 13.1 Å². The summed E-state index contributed by atoms with van der Waals surface area (Å²) in [6.45, 7) is 6.35. The van der Waals surface area contributed by atoms with Gasteiger partial charge in [0, 0.05) is 31.7 Å². The number of guanidine groups is 1. The van der Waals surface area contributed by atoms with E-state index in [9.17, 15) is 0 Å². The molecule has 0 bridgehead atoms. The Kier molecular flexibility index (Phi) is 7.18. The molecule has 2 heterocycles. The second-order valence-electron chi connectivity index (χ2n) is 6.58. The van der Waals surface area contributed by atoms with Crippen molar-refractivity contribution in [3.05, 3.63) is 78.0 Å². The maximum absolute atomic E-state index is 4.67. The van der Waals surface area contributed by atoms with Crippen LogP contribution in [0.5, 0.6) is 0 Å². The molecule has 3 aromatic rings. The second-order valence-corrected chi connectivity index (χ2v) is 6.58. The zero-order chi connectivity index (χ0) is 19.6. The van der Waals surface area contributed by atoms with E-state index in [2.05, 4.69) is 68.9 Å². The molecule has 0 spiro atoms. The van der Waals surface area contributed by atoms with E-state index < -0.39 is 0 Å². The topological polar surface area (TPSA) is 67.1 Å². The molecule has 2 aromatic heterocycles. The van der Waals surface area contributed by atoms with Crippen LogP contribution in [-0.4, -0.2) is 33.6 Å². The fourth-order valence-electron chi connectivity index (χ4n) is 2.93. The van der Waals surface area contributed by atoms with E-state index in [0.29, 0.717) is 6.54 Å². The highest BCUT2D eigenvalue weighted by molar-refractivity contribution is 5.79. The van der Waals surface area contributed by atoms with Crippen molar-refractivity contribution >= 4 is 5.96 Å². The summed E-state index contributed by atoms with van der Waals surface area (Å²) < 4.78 is 1.96. The smallest absolute Gasteiger partial charge is 0.191 e. The Morgan fingerprint density at radius 3 is 2.57 bits per heavy atom. The molecule has 0 saturated heterocycles. The lowest BCUT2D eigenvalue weighted by Crippen LogP contribution is -2.37. The summed E-state index contributed by atoms with van der Waals surface area (Å²) in [5.74, 6) is 2.63. The first kappa shape index (κ1) is 19.6. The quantitative estimate of drug-likeness (QED) is 0.360. The van der Waals surface area contributed by atoms with Gasteiger partial charge in [0.1, 0.15) is 11.6 Å². The van der Waals surface area contributed by atoms with Gasteiger partial charge in [-0.05, 0) is 43.9 Å². The highest BCUT2D eigenvalue weighted by Gasteiger charge is 2.02. The number of rotatable bonds is 8. The van der Waals surface area contributed by atoms with Crippen molar-refractivity contribution in [1.29, 1.82) is 0 Å². The van der Waals surface area contributed by atoms with Crippen molar-refractivity contribution in [1.82, 2.24) is 25.2 Å². The predicted molar refractivity (Wildman–Crippen MR) is 114 cm³/mol. The number of imidazole rings is 1. The van der Waals surface area contributed by atoms with Crippen LogP contribution in [0.1, 0.15) is 30.3 Å². The minimum atomic E-state index is 0.588. The molecule has 6 heteroatoms. The van der Waals surface area contributed by atoms with Crippen molar-refractivity contribution in [3.63, 3.8) is 0 Å². The van der Waals surface area contributed by atoms with Gasteiger partial charge in [-0.1, -0.05) is 36.4 Å². The summed E-state index contributed by atoms with van der Waals surface area (Å²) in [6, 6.07) is 14.6. The predicted octanol–water partition coefficient (Wildman–Crippen LogP) is 3.26. The van der Waals surface area contributed by atoms with Gasteiger partial charge in [0.25, 0.3) is 0 Å². The molecule has 0 unspecified atom stereocenters. The van der Waals surface area contributed by atoms with Gasteiger partial charge >= 0.3 is 0 Å². The summed E-state index contributed by atoms with van der Waals surface area (Å²) >= 11 is 0. The van der Waals surface area contributed by atoms with Crippen molar-refractivity contribution in [2.24, 2.45) is 4.99 Å². The van der Waals surface area contributed by atoms with E-state index in [-0.39, 0.29) is 0 Å². The molecule has 0 aliphatic heterocycles. The molecule has 0 aliphatic carbocycles. The Labute approximate surface area is 166 Å². The third kappa shape index (κ3) is 5.67. The SMILES string of the molecule is CCNC(=NCc1ccc(-n2ccnc2C)nc1)NCCCc1ccccc1. The molecule has 0 atom stereocenters. The van der Waals surface area contributed by atoms with E-state index in [1.807, 2.05) is 30.0 Å². The van der Waals surface area contributed by atoms with Gasteiger partial charge in [-0.2, -0.15) is 0 Å². The number of nitrogens with one attached hydrogen (secondary N) is 2. The van der Waals surface area contributed by atoms with Crippen molar-refractivity contribution in [2.45, 2.75) is 33.2 Å². The number of aryl methyl sites for hydroxylation is 2. The molecule has 0 fully saturated rings. The summed E-state index contributed by atoms with van der Waals surface area (Å²) in [6.07, 6.45) is 7.69. The van der Waals surface area contributed by atoms with Gasteiger partial charge in [0.15, 0.2) is 5.96 Å². The summed E-state index contributed by atoms with van der Waals surface area (Å²) in [7, 11) is 0. The minimum absolute atomic E-state index is 0.588. The molecule has 1 aromatic carbocycles. The molecule has 0 amide bonds. The number of hydrogen-bond donors (Lipinski definition) is 2. The molecule has 2 N–H and O–H groups in total. The summed E-state index contributed by atoms with van der Waals surface area (Å²) in [5.41, 5.74) is 2.44. The lowest BCUT2D eigenvalue weighted by Gasteiger charge is -2.11. The number of aliphatic imine (C=N–C) groups is 1. The Morgan fingerprint density at radius 2 is 1.89 bits per heavy atom. The lowest BCUT2D eigenvalue weighted by molar-refractivity contribution is 0.743. The summed E-state index contributed by atoms with van der Waals surface area (Å²) in [5, 5.41) is 6.71. The number of pyridine rings is 1. The number of hydrogen-bond acceptors (Lipinski definition) is 3. The highest BCUT2D eigenvalue weighted by Crippen LogP contribution is 2.09. The molecular weight excluding hydrogens is 348 g/mol. The van der Waals surface area contributed by atoms with Gasteiger partial charge < -0.3 is 10.6 Å². The zero-order valence-electron chi connectivity index (χ0n) is 16.6. The van der Waals surface area contributed by atoms with Gasteiger partial charge in [-0.25, -0.2) is 15.0 Å². The zero-order valence-corrected chi connectivity index (χ0v) is 16.6. The fraction of sp³-hybridized carbons (Fsp3) is 0.318. The van der Waals surface area contributed by atoms with Crippen LogP contribution in [0.25, 0.3) is 5.82 Å². The van der Waals surface area contributed by atoms with Crippen LogP contribution in [0.2, 0.25) is 0 Å². The highest BCUT2D eigenvalue weighted by atomic mass is 15.2. The number of nitrogens with zero attached hydrogens (tertiary/aromatic N) is 4. The van der Waals surface area contributed by atoms with Crippen LogP contribution in [-0.2, 0) is 13.0 Å². The largest absolute Gasteiger partial charge is 0.357 e. The fourth-order valence-corrected chi connectivity index (χ4v) is 2.93. The van der Waals surface area contributed by atoms with Gasteiger partial charge in [0.2, 0.25) is 0 Å². The van der Waals surface area contributed by atoms with Crippen LogP contribution in [0, 0.1) is 6.92 Å². The summed E-state index contributed by atoms with van der Waals surface area (Å²) in [4.78, 5) is 13.4. The van der Waals surface area contributed by atoms with Crippen LogP contribution in [0.15, 0.2) is 66.0 Å². The molecule has 6 nitrogen and oxygen atoms in total. The molecule has 0 saturated carbocycles. The van der Waals surface area contributed by atoms with Crippen LogP contribution < -0.4 is 10.6 Å². The number of benzene rings is 1. The third-order valence-corrected chi connectivity index (χ3v) is 4.42. The van der Waals surface area contributed by atoms with Gasteiger partial charge in [-0.3, -0.25) is 4.57 Å². The van der Waals surface area contributed by atoms with E-state index in [0.717, 1.165) is 49.1 Å². The Bertz CT molecular complexity index is 868. The van der Waals surface area contributed by atoms with Crippen molar-refractivity contribution in [3.8, 4) is 5.82 Å². The maximum atomic E-state index is 4.67. The standard InChI is InChI=1S/C22H28N6/c1-3-23-22(25-13-7-10-19-8-5-4-6-9-19)27-17-20-11-12-21(26-16-20)28-15-14-24-18(28)2/h4-6,8-9,11-12,14-16H,3,7,10,13,17H2,1-2H3,(H2,23,25,27). The van der Waals surface area contributed by atoms with Crippen molar-refractivity contribution < 1.29 is 0 Å². The molecular formula is C22H28N6. The van der Waals surface area contributed by atoms with Gasteiger partial charge in [0.05, 0.1) is 6.54 Å². The average Bonchev–Trinajstić information content (AvgIpc) is 3.16. The lowest BCUT2D eigenvalue weighted by atomic mass is 10.1. The van der Waals surface area contributed by atoms with E-state index in [4.69, 9.17) is 0 Å². The third-order valence-electron chi connectivity index (χ3n) is 4.42. The number of aromatic nitrogens is 3. The maximum Gasteiger partial charge on any atom is 0.191 e. The molecule has 146 valence electrons. The normalized spacial score (nSPS) is 11.4. The van der Waals surface area contributed by atoms with E-state index in [1.54, 1.807) is 6.20 Å². The monoisotopic (exact) mass is 376 g/mol. The average molecular weight is 377 g/mol. The van der Waals surface area contributed by atoms with Crippen LogP contribution in [0.4, 0.5) is 0 Å². The minimum Gasteiger partial charge on any atom is -0.357 e. The molecule has 0 radical (unpaired) electrons. The second kappa shape index (κ2) is 10.3. The van der Waals surface area contributed by atoms with E-state index >= 15 is 0 Å². The first-order chi connectivity index (χ1) is 13.8. The van der Waals surface area contributed by atoms with Crippen LogP contribution >= 0.6 is 0 Å². The van der Waals surface area contributed by atoms with Gasteiger partial charge in [-0.15, -0.1) is 0 Å². The Hall–Kier alpha value is -3.15. The Morgan fingerprint density at radius 1 is 1.04 bits per heavy atom. The molecule has 3 rings (SSSR count). The van der Waals surface area contributed by atoms with Crippen LogP contribution in [0.3, 0.4) is 0 Å². The molecule has 0 aliphatic rings. The first-order valence-corrected chi connectivity index (χ1v) is 9.77. The first-order valence-electron chi connectivity index (χ1n) is 9.77. The molecule has 28 heavy (non-hydrogen) atoms. The Balaban J connectivity index is 1.51. The van der Waals surface area contributed by atoms with E-state index in [1.165, 1.54) is 5.56 Å².